The van der Waals surface area contributed by atoms with Gasteiger partial charge in [-0.1, -0.05) is 42.0 Å². The van der Waals surface area contributed by atoms with Crippen molar-refractivity contribution in [2.24, 2.45) is 0 Å². The lowest BCUT2D eigenvalue weighted by molar-refractivity contribution is -0.133. The van der Waals surface area contributed by atoms with Crippen molar-refractivity contribution >= 4 is 5.97 Å². The number of esters is 1. The van der Waals surface area contributed by atoms with Gasteiger partial charge in [-0.3, -0.25) is 4.79 Å². The summed E-state index contributed by atoms with van der Waals surface area (Å²) in [6, 6.07) is 18.3. The number of aromatic hydroxyl groups is 1. The molecule has 0 spiro atoms. The van der Waals surface area contributed by atoms with E-state index >= 15 is 0 Å². The molecule has 1 aliphatic rings. The van der Waals surface area contributed by atoms with E-state index in [1.165, 1.54) is 0 Å². The van der Waals surface area contributed by atoms with Gasteiger partial charge in [0.05, 0.1) is 0 Å². The molecule has 0 radical (unpaired) electrons. The fourth-order valence-electron chi connectivity index (χ4n) is 3.36. The molecule has 1 aliphatic heterocycles. The Morgan fingerprint density at radius 2 is 1.68 bits per heavy atom. The lowest BCUT2D eigenvalue weighted by Crippen LogP contribution is -2.13. The van der Waals surface area contributed by atoms with Gasteiger partial charge in [-0.25, -0.2) is 0 Å². The molecule has 0 fully saturated rings. The molecular formula is C23H20O5. The summed E-state index contributed by atoms with van der Waals surface area (Å²) in [6.45, 7) is 3.77. The maximum absolute atomic E-state index is 12.5. The highest BCUT2D eigenvalue weighted by atomic mass is 16.7. The standard InChI is InChI=1S/C23H20O5/c1-14-8-9-19-17(10-14)21(23(25)28-19)18-11-15(2)12-20(22(18)24)27-13-26-16-6-4-3-5-7-16/h3-12,21,24H,13H2,1-2H3. The minimum atomic E-state index is -0.688. The van der Waals surface area contributed by atoms with Gasteiger partial charge in [-0.15, -0.1) is 0 Å². The number of rotatable bonds is 5. The normalized spacial score (nSPS) is 15.1. The molecule has 0 aliphatic carbocycles. The molecule has 142 valence electrons. The Bertz CT molecular complexity index is 1030. The van der Waals surface area contributed by atoms with E-state index in [-0.39, 0.29) is 18.3 Å². The van der Waals surface area contributed by atoms with Crippen LogP contribution in [0.3, 0.4) is 0 Å². The highest BCUT2D eigenvalue weighted by Crippen LogP contribution is 2.45. The van der Waals surface area contributed by atoms with Crippen molar-refractivity contribution in [2.45, 2.75) is 19.8 Å². The van der Waals surface area contributed by atoms with E-state index in [1.807, 2.05) is 56.3 Å². The molecule has 0 saturated carbocycles. The van der Waals surface area contributed by atoms with Gasteiger partial charge in [0.2, 0.25) is 6.79 Å². The molecule has 0 bridgehead atoms. The Balaban J connectivity index is 1.62. The first-order valence-corrected chi connectivity index (χ1v) is 8.99. The first-order chi connectivity index (χ1) is 13.5. The minimum Gasteiger partial charge on any atom is -0.504 e. The van der Waals surface area contributed by atoms with Crippen LogP contribution in [0.25, 0.3) is 0 Å². The average molecular weight is 376 g/mol. The topological polar surface area (TPSA) is 65.0 Å². The van der Waals surface area contributed by atoms with Crippen LogP contribution in [0.5, 0.6) is 23.0 Å². The summed E-state index contributed by atoms with van der Waals surface area (Å²) in [6.07, 6.45) is 0. The number of fused-ring (bicyclic) bond motifs is 1. The Labute approximate surface area is 163 Å². The fraction of sp³-hybridized carbons (Fsp3) is 0.174. The van der Waals surface area contributed by atoms with Crippen molar-refractivity contribution in [1.82, 2.24) is 0 Å². The van der Waals surface area contributed by atoms with E-state index < -0.39 is 11.9 Å². The van der Waals surface area contributed by atoms with Gasteiger partial charge in [0.1, 0.15) is 17.4 Å². The lowest BCUT2D eigenvalue weighted by Gasteiger charge is -2.16. The van der Waals surface area contributed by atoms with Crippen LogP contribution in [0.15, 0.2) is 60.7 Å². The quantitative estimate of drug-likeness (QED) is 0.404. The van der Waals surface area contributed by atoms with Gasteiger partial charge < -0.3 is 19.3 Å². The van der Waals surface area contributed by atoms with E-state index in [0.717, 1.165) is 16.7 Å². The number of phenols is 1. The van der Waals surface area contributed by atoms with Crippen molar-refractivity contribution in [3.8, 4) is 23.0 Å². The molecule has 28 heavy (non-hydrogen) atoms. The molecule has 4 rings (SSSR count). The van der Waals surface area contributed by atoms with Crippen LogP contribution in [0.4, 0.5) is 0 Å². The molecule has 5 nitrogen and oxygen atoms in total. The molecule has 1 N–H and O–H groups in total. The Morgan fingerprint density at radius 1 is 0.929 bits per heavy atom. The highest BCUT2D eigenvalue weighted by molar-refractivity contribution is 5.90. The van der Waals surface area contributed by atoms with Gasteiger partial charge in [0.15, 0.2) is 11.5 Å². The molecule has 1 atom stereocenters. The largest absolute Gasteiger partial charge is 0.504 e. The van der Waals surface area contributed by atoms with Crippen LogP contribution in [-0.4, -0.2) is 17.9 Å². The second-order valence-electron chi connectivity index (χ2n) is 6.82. The third kappa shape index (κ3) is 3.39. The smallest absolute Gasteiger partial charge is 0.323 e. The Kier molecular flexibility index (Phi) is 4.65. The molecule has 3 aromatic rings. The fourth-order valence-corrected chi connectivity index (χ4v) is 3.36. The summed E-state index contributed by atoms with van der Waals surface area (Å²) in [5.41, 5.74) is 3.08. The molecule has 5 heteroatoms. The first kappa shape index (κ1) is 17.9. The number of phenolic OH excluding ortho intramolecular Hbond substituents is 1. The SMILES string of the molecule is Cc1ccc2c(c1)C(c1cc(C)cc(OCOc3ccccc3)c1O)C(=O)O2. The van der Waals surface area contributed by atoms with Crippen molar-refractivity contribution < 1.29 is 24.1 Å². The predicted octanol–water partition coefficient (Wildman–Crippen LogP) is 4.48. The average Bonchev–Trinajstić information content (AvgIpc) is 3.00. The number of ether oxygens (including phenoxy) is 3. The van der Waals surface area contributed by atoms with E-state index in [9.17, 15) is 9.90 Å². The number of benzene rings is 3. The zero-order valence-electron chi connectivity index (χ0n) is 15.6. The summed E-state index contributed by atoms with van der Waals surface area (Å²) in [5.74, 6) is 0.272. The maximum atomic E-state index is 12.5. The Hall–Kier alpha value is -3.47. The summed E-state index contributed by atoms with van der Waals surface area (Å²) in [5, 5.41) is 10.8. The van der Waals surface area contributed by atoms with E-state index in [2.05, 4.69) is 0 Å². The number of aryl methyl sites for hydroxylation is 2. The van der Waals surface area contributed by atoms with Crippen LogP contribution in [0.1, 0.15) is 28.2 Å². The number of carbonyl (C=O) groups excluding carboxylic acids is 1. The van der Waals surface area contributed by atoms with Crippen LogP contribution in [0, 0.1) is 13.8 Å². The van der Waals surface area contributed by atoms with Crippen molar-refractivity contribution in [3.05, 3.63) is 82.9 Å². The summed E-state index contributed by atoms with van der Waals surface area (Å²) in [4.78, 5) is 12.5. The highest BCUT2D eigenvalue weighted by Gasteiger charge is 2.37. The van der Waals surface area contributed by atoms with E-state index in [0.29, 0.717) is 17.1 Å². The number of para-hydroxylation sites is 1. The lowest BCUT2D eigenvalue weighted by atomic mass is 9.90. The molecule has 3 aromatic carbocycles. The third-order valence-electron chi connectivity index (χ3n) is 4.67. The van der Waals surface area contributed by atoms with Crippen LogP contribution < -0.4 is 14.2 Å². The molecule has 1 unspecified atom stereocenters. The zero-order valence-corrected chi connectivity index (χ0v) is 15.6. The summed E-state index contributed by atoms with van der Waals surface area (Å²) >= 11 is 0. The van der Waals surface area contributed by atoms with E-state index in [1.54, 1.807) is 18.2 Å². The second-order valence-corrected chi connectivity index (χ2v) is 6.82. The van der Waals surface area contributed by atoms with Crippen molar-refractivity contribution in [1.29, 1.82) is 0 Å². The van der Waals surface area contributed by atoms with E-state index in [4.69, 9.17) is 14.2 Å². The molecule has 0 amide bonds. The number of hydrogen-bond donors (Lipinski definition) is 1. The molecule has 1 heterocycles. The van der Waals surface area contributed by atoms with Gasteiger partial charge in [0.25, 0.3) is 0 Å². The van der Waals surface area contributed by atoms with Crippen molar-refractivity contribution in [3.63, 3.8) is 0 Å². The predicted molar refractivity (Wildman–Crippen MR) is 104 cm³/mol. The van der Waals surface area contributed by atoms with Crippen LogP contribution in [0.2, 0.25) is 0 Å². The van der Waals surface area contributed by atoms with Gasteiger partial charge >= 0.3 is 5.97 Å². The Morgan fingerprint density at radius 3 is 2.46 bits per heavy atom. The van der Waals surface area contributed by atoms with Gasteiger partial charge in [0, 0.05) is 11.1 Å². The molecule has 0 saturated heterocycles. The summed E-state index contributed by atoms with van der Waals surface area (Å²) in [7, 11) is 0. The van der Waals surface area contributed by atoms with Gasteiger partial charge in [-0.2, -0.15) is 0 Å². The first-order valence-electron chi connectivity index (χ1n) is 8.99. The molecular weight excluding hydrogens is 356 g/mol. The third-order valence-corrected chi connectivity index (χ3v) is 4.67. The van der Waals surface area contributed by atoms with Crippen molar-refractivity contribution in [2.75, 3.05) is 6.79 Å². The van der Waals surface area contributed by atoms with Crippen LogP contribution in [-0.2, 0) is 4.79 Å². The minimum absolute atomic E-state index is 0.0642. The molecule has 0 aromatic heterocycles. The van der Waals surface area contributed by atoms with Crippen LogP contribution >= 0.6 is 0 Å². The van der Waals surface area contributed by atoms with Gasteiger partial charge in [-0.05, 0) is 43.7 Å². The monoisotopic (exact) mass is 376 g/mol. The summed E-state index contributed by atoms with van der Waals surface area (Å²) < 4.78 is 16.6. The second kappa shape index (κ2) is 7.27. The maximum Gasteiger partial charge on any atom is 0.323 e. The zero-order chi connectivity index (χ0) is 19.7. The number of carbonyl (C=O) groups is 1. The number of hydrogen-bond acceptors (Lipinski definition) is 5.